The lowest BCUT2D eigenvalue weighted by Crippen LogP contribution is -1.87. The van der Waals surface area contributed by atoms with Crippen molar-refractivity contribution in [3.63, 3.8) is 0 Å². The quantitative estimate of drug-likeness (QED) is 0.348. The van der Waals surface area contributed by atoms with Gasteiger partial charge in [-0.15, -0.1) is 0 Å². The Bertz CT molecular complexity index is 1450. The largest absolute Gasteiger partial charge is 0.353 e. The number of aromatic nitrogens is 2. The van der Waals surface area contributed by atoms with Crippen molar-refractivity contribution >= 4 is 54.4 Å². The van der Waals surface area contributed by atoms with Crippen LogP contribution in [-0.2, 0) is 7.05 Å². The maximum atomic E-state index is 3.69. The Morgan fingerprint density at radius 3 is 2.36 bits per heavy atom. The number of aryl methyl sites for hydroxylation is 1. The van der Waals surface area contributed by atoms with Gasteiger partial charge in [-0.05, 0) is 22.9 Å². The lowest BCUT2D eigenvalue weighted by Gasteiger charge is -2.01. The van der Waals surface area contributed by atoms with Crippen molar-refractivity contribution in [1.29, 1.82) is 0 Å². The predicted octanol–water partition coefficient (Wildman–Crippen LogP) is 6.12. The Kier molecular flexibility index (Phi) is 2.31. The zero-order valence-electron chi connectivity index (χ0n) is 13.9. The summed E-state index contributed by atoms with van der Waals surface area (Å²) >= 11 is 0. The standard InChI is InChI=1S/C23H16N2/c1-25-20-9-5-4-8-16(20)17-11-12-18-21-15-7-3-2-6-14(15)10-13-19(21)24-22(18)23(17)25/h2-13,24H,1H3. The molecule has 0 saturated carbocycles. The van der Waals surface area contributed by atoms with Crippen LogP contribution in [0.1, 0.15) is 0 Å². The van der Waals surface area contributed by atoms with Gasteiger partial charge in [-0.2, -0.15) is 0 Å². The smallest absolute Gasteiger partial charge is 0.0734 e. The molecule has 0 atom stereocenters. The molecule has 2 nitrogen and oxygen atoms in total. The third-order valence-corrected chi connectivity index (χ3v) is 5.53. The van der Waals surface area contributed by atoms with Crippen molar-refractivity contribution in [3.8, 4) is 0 Å². The van der Waals surface area contributed by atoms with Gasteiger partial charge in [0.2, 0.25) is 0 Å². The summed E-state index contributed by atoms with van der Waals surface area (Å²) in [5.74, 6) is 0. The van der Waals surface area contributed by atoms with Gasteiger partial charge in [-0.25, -0.2) is 0 Å². The molecule has 6 aromatic rings. The van der Waals surface area contributed by atoms with Crippen LogP contribution in [0.4, 0.5) is 0 Å². The molecule has 2 heteroatoms. The first kappa shape index (κ1) is 13.1. The summed E-state index contributed by atoms with van der Waals surface area (Å²) in [6.45, 7) is 0. The Hall–Kier alpha value is -3.26. The highest BCUT2D eigenvalue weighted by molar-refractivity contribution is 6.26. The van der Waals surface area contributed by atoms with Crippen LogP contribution in [0.2, 0.25) is 0 Å². The van der Waals surface area contributed by atoms with Crippen LogP contribution in [-0.4, -0.2) is 9.55 Å². The number of nitrogens with zero attached hydrogens (tertiary/aromatic N) is 1. The van der Waals surface area contributed by atoms with Crippen LogP contribution < -0.4 is 0 Å². The van der Waals surface area contributed by atoms with E-state index in [1.807, 2.05) is 0 Å². The summed E-state index contributed by atoms with van der Waals surface area (Å²) < 4.78 is 2.31. The van der Waals surface area contributed by atoms with Crippen LogP contribution in [0.3, 0.4) is 0 Å². The molecule has 25 heavy (non-hydrogen) atoms. The van der Waals surface area contributed by atoms with Crippen molar-refractivity contribution in [1.82, 2.24) is 9.55 Å². The fourth-order valence-corrected chi connectivity index (χ4v) is 4.41. The van der Waals surface area contributed by atoms with E-state index in [1.54, 1.807) is 0 Å². The Balaban J connectivity index is 1.93. The minimum Gasteiger partial charge on any atom is -0.353 e. The minimum absolute atomic E-state index is 1.20. The summed E-state index contributed by atoms with van der Waals surface area (Å²) in [6.07, 6.45) is 0. The molecule has 118 valence electrons. The highest BCUT2D eigenvalue weighted by atomic mass is 15.0. The fourth-order valence-electron chi connectivity index (χ4n) is 4.41. The SMILES string of the molecule is Cn1c2ccccc2c2ccc3c([nH]c4ccc5ccccc5c43)c21. The maximum absolute atomic E-state index is 3.69. The average molecular weight is 320 g/mol. The molecule has 2 aromatic heterocycles. The third-order valence-electron chi connectivity index (χ3n) is 5.53. The number of para-hydroxylation sites is 1. The molecule has 0 unspecified atom stereocenters. The number of nitrogens with one attached hydrogen (secondary N) is 1. The van der Waals surface area contributed by atoms with E-state index in [9.17, 15) is 0 Å². The van der Waals surface area contributed by atoms with Crippen molar-refractivity contribution in [2.75, 3.05) is 0 Å². The lowest BCUT2D eigenvalue weighted by atomic mass is 10.0. The number of fused-ring (bicyclic) bond motifs is 9. The topological polar surface area (TPSA) is 20.7 Å². The fraction of sp³-hybridized carbons (Fsp3) is 0.0435. The molecule has 6 rings (SSSR count). The van der Waals surface area contributed by atoms with Gasteiger partial charge >= 0.3 is 0 Å². The number of aromatic amines is 1. The summed E-state index contributed by atoms with van der Waals surface area (Å²) in [6, 6.07) is 26.2. The van der Waals surface area contributed by atoms with Crippen molar-refractivity contribution in [2.45, 2.75) is 0 Å². The van der Waals surface area contributed by atoms with E-state index < -0.39 is 0 Å². The number of H-pyrrole nitrogens is 1. The number of hydrogen-bond acceptors (Lipinski definition) is 0. The summed E-state index contributed by atoms with van der Waals surface area (Å²) in [4.78, 5) is 3.69. The van der Waals surface area contributed by atoms with E-state index in [1.165, 1.54) is 54.4 Å². The maximum Gasteiger partial charge on any atom is 0.0734 e. The van der Waals surface area contributed by atoms with Gasteiger partial charge < -0.3 is 9.55 Å². The van der Waals surface area contributed by atoms with E-state index >= 15 is 0 Å². The molecule has 0 aliphatic rings. The summed E-state index contributed by atoms with van der Waals surface area (Å²) in [5.41, 5.74) is 4.97. The minimum atomic E-state index is 1.20. The van der Waals surface area contributed by atoms with E-state index in [0.29, 0.717) is 0 Å². The molecular weight excluding hydrogens is 304 g/mol. The van der Waals surface area contributed by atoms with Crippen LogP contribution in [0, 0.1) is 0 Å². The van der Waals surface area contributed by atoms with Gasteiger partial charge in [0.15, 0.2) is 0 Å². The third kappa shape index (κ3) is 1.54. The summed E-state index contributed by atoms with van der Waals surface area (Å²) in [7, 11) is 2.16. The second-order valence-electron chi connectivity index (χ2n) is 6.79. The second-order valence-corrected chi connectivity index (χ2v) is 6.79. The molecule has 0 bridgehead atoms. The molecule has 4 aromatic carbocycles. The zero-order valence-corrected chi connectivity index (χ0v) is 13.9. The molecule has 0 fully saturated rings. The van der Waals surface area contributed by atoms with Crippen molar-refractivity contribution in [3.05, 3.63) is 72.8 Å². The van der Waals surface area contributed by atoms with Crippen LogP contribution in [0.5, 0.6) is 0 Å². The van der Waals surface area contributed by atoms with Gasteiger partial charge in [-0.3, -0.25) is 0 Å². The van der Waals surface area contributed by atoms with Gasteiger partial charge in [0.05, 0.1) is 11.0 Å². The molecule has 0 spiro atoms. The Labute approximate surface area is 144 Å². The molecule has 0 aliphatic carbocycles. The van der Waals surface area contributed by atoms with E-state index in [0.717, 1.165) is 0 Å². The molecule has 1 N–H and O–H groups in total. The number of rotatable bonds is 0. The molecule has 0 aliphatic heterocycles. The lowest BCUT2D eigenvalue weighted by molar-refractivity contribution is 1.02. The van der Waals surface area contributed by atoms with Gasteiger partial charge in [-0.1, -0.05) is 60.7 Å². The predicted molar refractivity (Wildman–Crippen MR) is 107 cm³/mol. The van der Waals surface area contributed by atoms with E-state index in [2.05, 4.69) is 89.4 Å². The average Bonchev–Trinajstić information content (AvgIpc) is 3.18. The first-order chi connectivity index (χ1) is 12.3. The van der Waals surface area contributed by atoms with Crippen molar-refractivity contribution in [2.24, 2.45) is 7.05 Å². The van der Waals surface area contributed by atoms with Gasteiger partial charge in [0, 0.05) is 39.6 Å². The first-order valence-electron chi connectivity index (χ1n) is 8.62. The monoisotopic (exact) mass is 320 g/mol. The van der Waals surface area contributed by atoms with Crippen molar-refractivity contribution < 1.29 is 0 Å². The van der Waals surface area contributed by atoms with E-state index in [4.69, 9.17) is 0 Å². The van der Waals surface area contributed by atoms with Gasteiger partial charge in [0.1, 0.15) is 0 Å². The first-order valence-corrected chi connectivity index (χ1v) is 8.62. The molecule has 0 amide bonds. The zero-order chi connectivity index (χ0) is 16.5. The Morgan fingerprint density at radius 2 is 1.44 bits per heavy atom. The van der Waals surface area contributed by atoms with E-state index in [-0.39, 0.29) is 0 Å². The van der Waals surface area contributed by atoms with Crippen LogP contribution in [0.15, 0.2) is 72.8 Å². The molecular formula is C23H16N2. The number of benzene rings is 4. The number of hydrogen-bond donors (Lipinski definition) is 1. The van der Waals surface area contributed by atoms with Crippen LogP contribution in [0.25, 0.3) is 54.4 Å². The molecule has 2 heterocycles. The Morgan fingerprint density at radius 1 is 0.680 bits per heavy atom. The molecule has 0 radical (unpaired) electrons. The normalized spacial score (nSPS) is 12.2. The summed E-state index contributed by atoms with van der Waals surface area (Å²) in [5, 5.41) is 7.83. The second kappa shape index (κ2) is 4.42. The van der Waals surface area contributed by atoms with Crippen LogP contribution >= 0.6 is 0 Å². The van der Waals surface area contributed by atoms with Gasteiger partial charge in [0.25, 0.3) is 0 Å². The highest BCUT2D eigenvalue weighted by Gasteiger charge is 2.15. The highest BCUT2D eigenvalue weighted by Crippen LogP contribution is 2.38. The molecule has 0 saturated heterocycles.